The Labute approximate surface area is 139 Å². The SMILES string of the molecule is c1ccc(-c2ccc(COc3cc4ccccc4s3)cc2)cc1. The van der Waals surface area contributed by atoms with Crippen LogP contribution in [0.4, 0.5) is 0 Å². The second-order valence-electron chi connectivity index (χ2n) is 5.45. The topological polar surface area (TPSA) is 9.23 Å². The van der Waals surface area contributed by atoms with Crippen molar-refractivity contribution in [3.63, 3.8) is 0 Å². The van der Waals surface area contributed by atoms with Crippen molar-refractivity contribution in [2.75, 3.05) is 0 Å². The maximum Gasteiger partial charge on any atom is 0.175 e. The highest BCUT2D eigenvalue weighted by atomic mass is 32.1. The number of benzene rings is 3. The van der Waals surface area contributed by atoms with Gasteiger partial charge in [0.15, 0.2) is 5.06 Å². The Morgan fingerprint density at radius 2 is 1.39 bits per heavy atom. The van der Waals surface area contributed by atoms with Gasteiger partial charge < -0.3 is 4.74 Å². The first kappa shape index (κ1) is 14.0. The Hall–Kier alpha value is -2.58. The molecule has 0 N–H and O–H groups in total. The van der Waals surface area contributed by atoms with E-state index in [9.17, 15) is 0 Å². The summed E-state index contributed by atoms with van der Waals surface area (Å²) in [6, 6.07) is 29.5. The highest BCUT2D eigenvalue weighted by Gasteiger charge is 2.03. The molecule has 0 spiro atoms. The minimum absolute atomic E-state index is 0.599. The summed E-state index contributed by atoms with van der Waals surface area (Å²) in [4.78, 5) is 0. The van der Waals surface area contributed by atoms with Gasteiger partial charge in [0.2, 0.25) is 0 Å². The molecule has 0 bridgehead atoms. The van der Waals surface area contributed by atoms with Gasteiger partial charge in [-0.15, -0.1) is 0 Å². The van der Waals surface area contributed by atoms with Gasteiger partial charge in [0.05, 0.1) is 0 Å². The molecule has 0 aliphatic heterocycles. The van der Waals surface area contributed by atoms with Crippen LogP contribution in [0.5, 0.6) is 5.06 Å². The molecule has 1 nitrogen and oxygen atoms in total. The lowest BCUT2D eigenvalue weighted by atomic mass is 10.0. The van der Waals surface area contributed by atoms with Crippen molar-refractivity contribution in [3.8, 4) is 16.2 Å². The van der Waals surface area contributed by atoms with Gasteiger partial charge in [-0.2, -0.15) is 0 Å². The summed E-state index contributed by atoms with van der Waals surface area (Å²) in [6.07, 6.45) is 0. The minimum Gasteiger partial charge on any atom is -0.479 e. The molecule has 4 aromatic rings. The zero-order chi connectivity index (χ0) is 15.5. The van der Waals surface area contributed by atoms with Gasteiger partial charge in [-0.1, -0.05) is 84.1 Å². The van der Waals surface area contributed by atoms with E-state index in [1.165, 1.54) is 26.8 Å². The first-order valence-electron chi connectivity index (χ1n) is 7.64. The van der Waals surface area contributed by atoms with Crippen molar-refractivity contribution in [2.24, 2.45) is 0 Å². The Morgan fingerprint density at radius 1 is 0.696 bits per heavy atom. The summed E-state index contributed by atoms with van der Waals surface area (Å²) in [6.45, 7) is 0.599. The van der Waals surface area contributed by atoms with E-state index in [-0.39, 0.29) is 0 Å². The Morgan fingerprint density at radius 3 is 2.17 bits per heavy atom. The Bertz CT molecular complexity index is 874. The highest BCUT2D eigenvalue weighted by molar-refractivity contribution is 7.20. The van der Waals surface area contributed by atoms with Crippen molar-refractivity contribution in [1.29, 1.82) is 0 Å². The Kier molecular flexibility index (Phi) is 3.83. The molecule has 23 heavy (non-hydrogen) atoms. The number of ether oxygens (including phenoxy) is 1. The molecule has 0 aliphatic carbocycles. The molecule has 0 amide bonds. The maximum absolute atomic E-state index is 5.94. The van der Waals surface area contributed by atoms with Gasteiger partial charge in [0.25, 0.3) is 0 Å². The molecule has 112 valence electrons. The lowest BCUT2D eigenvalue weighted by Gasteiger charge is -2.05. The third kappa shape index (κ3) is 3.13. The second kappa shape index (κ2) is 6.27. The molecule has 0 aliphatic rings. The smallest absolute Gasteiger partial charge is 0.175 e. The van der Waals surface area contributed by atoms with Gasteiger partial charge in [0.1, 0.15) is 6.61 Å². The maximum atomic E-state index is 5.94. The van der Waals surface area contributed by atoms with E-state index in [0.29, 0.717) is 6.61 Å². The zero-order valence-electron chi connectivity index (χ0n) is 12.6. The van der Waals surface area contributed by atoms with Crippen LogP contribution in [0, 0.1) is 0 Å². The largest absolute Gasteiger partial charge is 0.479 e. The summed E-state index contributed by atoms with van der Waals surface area (Å²) in [5.74, 6) is 0. The molecule has 0 fully saturated rings. The molecule has 1 aromatic heterocycles. The van der Waals surface area contributed by atoms with Crippen LogP contribution in [0.3, 0.4) is 0 Å². The van der Waals surface area contributed by atoms with Crippen LogP contribution < -0.4 is 4.74 Å². The number of hydrogen-bond acceptors (Lipinski definition) is 2. The monoisotopic (exact) mass is 316 g/mol. The predicted octanol–water partition coefficient (Wildman–Crippen LogP) is 6.15. The average Bonchev–Trinajstić information content (AvgIpc) is 3.04. The third-order valence-corrected chi connectivity index (χ3v) is 4.87. The zero-order valence-corrected chi connectivity index (χ0v) is 13.4. The number of rotatable bonds is 4. The van der Waals surface area contributed by atoms with Crippen molar-refractivity contribution in [1.82, 2.24) is 0 Å². The van der Waals surface area contributed by atoms with E-state index in [4.69, 9.17) is 4.74 Å². The molecule has 0 saturated carbocycles. The number of fused-ring (bicyclic) bond motifs is 1. The van der Waals surface area contributed by atoms with Crippen LogP contribution in [0.1, 0.15) is 5.56 Å². The summed E-state index contributed by atoms with van der Waals surface area (Å²) in [7, 11) is 0. The second-order valence-corrected chi connectivity index (χ2v) is 6.50. The molecule has 3 aromatic carbocycles. The first-order valence-corrected chi connectivity index (χ1v) is 8.46. The fourth-order valence-corrected chi connectivity index (χ4v) is 3.52. The Balaban J connectivity index is 1.47. The van der Waals surface area contributed by atoms with Crippen LogP contribution in [0.25, 0.3) is 21.2 Å². The molecule has 4 rings (SSSR count). The molecule has 0 atom stereocenters. The van der Waals surface area contributed by atoms with Crippen molar-refractivity contribution < 1.29 is 4.74 Å². The van der Waals surface area contributed by atoms with Gasteiger partial charge in [0, 0.05) is 4.70 Å². The molecule has 0 radical (unpaired) electrons. The summed E-state index contributed by atoms with van der Waals surface area (Å²) in [5.41, 5.74) is 3.66. The minimum atomic E-state index is 0.599. The van der Waals surface area contributed by atoms with Crippen LogP contribution in [-0.2, 0) is 6.61 Å². The summed E-state index contributed by atoms with van der Waals surface area (Å²) in [5, 5.41) is 2.21. The third-order valence-electron chi connectivity index (χ3n) is 3.85. The average molecular weight is 316 g/mol. The number of hydrogen-bond donors (Lipinski definition) is 0. The molecule has 0 saturated heterocycles. The molecular weight excluding hydrogens is 300 g/mol. The number of thiophene rings is 1. The van der Waals surface area contributed by atoms with E-state index in [1.54, 1.807) is 11.3 Å². The normalized spacial score (nSPS) is 10.8. The fourth-order valence-electron chi connectivity index (χ4n) is 2.61. The van der Waals surface area contributed by atoms with Gasteiger partial charge in [-0.05, 0) is 34.2 Å². The van der Waals surface area contributed by atoms with Crippen LogP contribution in [0.2, 0.25) is 0 Å². The molecule has 2 heteroatoms. The van der Waals surface area contributed by atoms with Crippen molar-refractivity contribution in [2.45, 2.75) is 6.61 Å². The van der Waals surface area contributed by atoms with Crippen LogP contribution in [0.15, 0.2) is 84.9 Å². The lowest BCUT2D eigenvalue weighted by Crippen LogP contribution is -1.93. The fraction of sp³-hybridized carbons (Fsp3) is 0.0476. The van der Waals surface area contributed by atoms with E-state index >= 15 is 0 Å². The molecule has 1 heterocycles. The van der Waals surface area contributed by atoms with E-state index in [2.05, 4.69) is 78.9 Å². The van der Waals surface area contributed by atoms with E-state index < -0.39 is 0 Å². The highest BCUT2D eigenvalue weighted by Crippen LogP contribution is 2.32. The standard InChI is InChI=1S/C21H16OS/c1-2-6-17(7-3-1)18-12-10-16(11-13-18)15-22-21-14-19-8-4-5-9-20(19)23-21/h1-14H,15H2. The quantitative estimate of drug-likeness (QED) is 0.439. The van der Waals surface area contributed by atoms with Gasteiger partial charge in [-0.25, -0.2) is 0 Å². The molecular formula is C21H16OS. The van der Waals surface area contributed by atoms with Crippen molar-refractivity contribution >= 4 is 21.4 Å². The van der Waals surface area contributed by atoms with E-state index in [1.807, 2.05) is 6.07 Å². The van der Waals surface area contributed by atoms with Crippen LogP contribution in [-0.4, -0.2) is 0 Å². The van der Waals surface area contributed by atoms with Crippen LogP contribution >= 0.6 is 11.3 Å². The van der Waals surface area contributed by atoms with Crippen molar-refractivity contribution in [3.05, 3.63) is 90.5 Å². The summed E-state index contributed by atoms with van der Waals surface area (Å²) >= 11 is 1.69. The van der Waals surface area contributed by atoms with Gasteiger partial charge >= 0.3 is 0 Å². The first-order chi connectivity index (χ1) is 11.4. The van der Waals surface area contributed by atoms with Gasteiger partial charge in [-0.3, -0.25) is 0 Å². The predicted molar refractivity (Wildman–Crippen MR) is 98.0 cm³/mol. The summed E-state index contributed by atoms with van der Waals surface area (Å²) < 4.78 is 7.21. The van der Waals surface area contributed by atoms with E-state index in [0.717, 1.165) is 5.06 Å². The molecule has 0 unspecified atom stereocenters. The lowest BCUT2D eigenvalue weighted by molar-refractivity contribution is 0.316.